The number of benzene rings is 1. The van der Waals surface area contributed by atoms with Crippen LogP contribution in [0.5, 0.6) is 0 Å². The fourth-order valence-corrected chi connectivity index (χ4v) is 4.80. The highest BCUT2D eigenvalue weighted by Gasteiger charge is 2.20. The Balaban J connectivity index is 1.40. The molecule has 0 fully saturated rings. The van der Waals surface area contributed by atoms with E-state index >= 15 is 0 Å². The van der Waals surface area contributed by atoms with E-state index in [1.54, 1.807) is 29.2 Å². The molecule has 1 unspecified atom stereocenters. The molecule has 7 heteroatoms. The lowest BCUT2D eigenvalue weighted by Gasteiger charge is -2.14. The quantitative estimate of drug-likeness (QED) is 0.662. The zero-order valence-electron chi connectivity index (χ0n) is 15.9. The molecule has 0 radical (unpaired) electrons. The van der Waals surface area contributed by atoms with Crippen LogP contribution < -0.4 is 10.9 Å². The predicted molar refractivity (Wildman–Crippen MR) is 110 cm³/mol. The normalized spacial score (nSPS) is 15.3. The highest BCUT2D eigenvalue weighted by Crippen LogP contribution is 2.28. The van der Waals surface area contributed by atoms with Crippen LogP contribution in [-0.4, -0.2) is 21.4 Å². The Morgan fingerprint density at radius 1 is 1.11 bits per heavy atom. The summed E-state index contributed by atoms with van der Waals surface area (Å²) in [7, 11) is 0. The van der Waals surface area contributed by atoms with E-state index in [4.69, 9.17) is 0 Å². The summed E-state index contributed by atoms with van der Waals surface area (Å²) in [5, 5.41) is 0. The molecule has 3 aromatic rings. The van der Waals surface area contributed by atoms with Gasteiger partial charge >= 0.3 is 0 Å². The molecule has 1 aliphatic carbocycles. The van der Waals surface area contributed by atoms with Gasteiger partial charge in [0.15, 0.2) is 0 Å². The van der Waals surface area contributed by atoms with Crippen molar-refractivity contribution < 1.29 is 9.59 Å². The summed E-state index contributed by atoms with van der Waals surface area (Å²) in [6.07, 6.45) is 8.61. The number of nitrogens with one attached hydrogen (secondary N) is 2. The number of hydrazine groups is 1. The molecule has 0 saturated carbocycles. The van der Waals surface area contributed by atoms with Gasteiger partial charge in [-0.05, 0) is 56.4 Å². The molecule has 1 aromatic carbocycles. The van der Waals surface area contributed by atoms with Crippen molar-refractivity contribution in [1.82, 2.24) is 20.4 Å². The number of carbonyl (C=O) groups is 2. The number of imidazole rings is 1. The molecule has 28 heavy (non-hydrogen) atoms. The van der Waals surface area contributed by atoms with Crippen LogP contribution in [0, 0.1) is 0 Å². The Morgan fingerprint density at radius 2 is 1.89 bits per heavy atom. The van der Waals surface area contributed by atoms with Crippen LogP contribution in [0.15, 0.2) is 36.7 Å². The topological polar surface area (TPSA) is 76.0 Å². The van der Waals surface area contributed by atoms with E-state index in [0.717, 1.165) is 23.9 Å². The summed E-state index contributed by atoms with van der Waals surface area (Å²) in [4.78, 5) is 31.4. The summed E-state index contributed by atoms with van der Waals surface area (Å²) in [5.74, 6) is -0.542. The standard InChI is InChI=1S/C21H24N4O2S/c1-14(25-13-22-16-9-6-7-10-17(16)25)20(26)23-24-21(27)19-12-15-8-4-2-3-5-11-18(15)28-19/h6-7,9-10,12-14H,2-5,8,11H2,1H3,(H,23,26)(H,24,27). The monoisotopic (exact) mass is 396 g/mol. The number of para-hydroxylation sites is 2. The highest BCUT2D eigenvalue weighted by atomic mass is 32.1. The van der Waals surface area contributed by atoms with Gasteiger partial charge in [0.05, 0.1) is 22.2 Å². The molecule has 2 heterocycles. The largest absolute Gasteiger partial charge is 0.318 e. The van der Waals surface area contributed by atoms with Crippen molar-refractivity contribution in [3.63, 3.8) is 0 Å². The van der Waals surface area contributed by atoms with Crippen molar-refractivity contribution in [2.75, 3.05) is 0 Å². The zero-order chi connectivity index (χ0) is 19.5. The highest BCUT2D eigenvalue weighted by molar-refractivity contribution is 7.14. The fraction of sp³-hybridized carbons (Fsp3) is 0.381. The number of hydrogen-bond donors (Lipinski definition) is 2. The van der Waals surface area contributed by atoms with Crippen LogP contribution >= 0.6 is 11.3 Å². The van der Waals surface area contributed by atoms with Crippen molar-refractivity contribution in [1.29, 1.82) is 0 Å². The second kappa shape index (κ2) is 8.14. The number of fused-ring (bicyclic) bond motifs is 2. The average Bonchev–Trinajstić information content (AvgIpc) is 3.29. The third-order valence-electron chi connectivity index (χ3n) is 5.30. The first kappa shape index (κ1) is 18.7. The van der Waals surface area contributed by atoms with Crippen LogP contribution in [0.1, 0.15) is 58.8 Å². The van der Waals surface area contributed by atoms with Gasteiger partial charge in [-0.15, -0.1) is 11.3 Å². The first-order valence-electron chi connectivity index (χ1n) is 9.77. The van der Waals surface area contributed by atoms with Crippen LogP contribution in [0.4, 0.5) is 0 Å². The maximum Gasteiger partial charge on any atom is 0.279 e. The Morgan fingerprint density at radius 3 is 2.75 bits per heavy atom. The van der Waals surface area contributed by atoms with Crippen LogP contribution in [0.2, 0.25) is 0 Å². The smallest absolute Gasteiger partial charge is 0.279 e. The third-order valence-corrected chi connectivity index (χ3v) is 6.53. The van der Waals surface area contributed by atoms with E-state index in [1.807, 2.05) is 30.3 Å². The molecule has 6 nitrogen and oxygen atoms in total. The Hall–Kier alpha value is -2.67. The summed E-state index contributed by atoms with van der Waals surface area (Å²) < 4.78 is 1.80. The van der Waals surface area contributed by atoms with E-state index in [9.17, 15) is 9.59 Å². The average molecular weight is 397 g/mol. The second-order valence-electron chi connectivity index (χ2n) is 7.23. The van der Waals surface area contributed by atoms with Crippen molar-refractivity contribution in [2.24, 2.45) is 0 Å². The van der Waals surface area contributed by atoms with Crippen LogP contribution in [-0.2, 0) is 17.6 Å². The van der Waals surface area contributed by atoms with Crippen molar-refractivity contribution >= 4 is 34.2 Å². The van der Waals surface area contributed by atoms with Crippen molar-refractivity contribution in [3.8, 4) is 0 Å². The number of nitrogens with zero attached hydrogens (tertiary/aromatic N) is 2. The van der Waals surface area contributed by atoms with E-state index in [0.29, 0.717) is 4.88 Å². The maximum atomic E-state index is 12.5. The van der Waals surface area contributed by atoms with Crippen LogP contribution in [0.25, 0.3) is 11.0 Å². The van der Waals surface area contributed by atoms with Gasteiger partial charge in [0.1, 0.15) is 6.04 Å². The molecule has 0 spiro atoms. The number of aromatic nitrogens is 2. The molecule has 146 valence electrons. The number of amides is 2. The number of rotatable bonds is 3. The fourth-order valence-electron chi connectivity index (χ4n) is 3.65. The molecule has 1 atom stereocenters. The minimum Gasteiger partial charge on any atom is -0.318 e. The van der Waals surface area contributed by atoms with E-state index in [2.05, 4.69) is 15.8 Å². The first-order chi connectivity index (χ1) is 13.6. The second-order valence-corrected chi connectivity index (χ2v) is 8.37. The summed E-state index contributed by atoms with van der Waals surface area (Å²) in [6, 6.07) is 9.15. The minimum atomic E-state index is -0.490. The molecule has 4 rings (SSSR count). The lowest BCUT2D eigenvalue weighted by atomic mass is 10.00. The Labute approximate surface area is 167 Å². The molecule has 2 amide bonds. The van der Waals surface area contributed by atoms with Gasteiger partial charge in [-0.3, -0.25) is 20.4 Å². The lowest BCUT2D eigenvalue weighted by molar-refractivity contribution is -0.124. The first-order valence-corrected chi connectivity index (χ1v) is 10.6. The predicted octanol–water partition coefficient (Wildman–Crippen LogP) is 3.78. The van der Waals surface area contributed by atoms with Crippen molar-refractivity contribution in [3.05, 3.63) is 52.0 Å². The minimum absolute atomic E-state index is 0.257. The number of carbonyl (C=O) groups excluding carboxylic acids is 2. The molecular formula is C21H24N4O2S. The van der Waals surface area contributed by atoms with Gasteiger partial charge in [0.2, 0.25) is 0 Å². The lowest BCUT2D eigenvalue weighted by Crippen LogP contribution is -2.44. The van der Waals surface area contributed by atoms with Crippen molar-refractivity contribution in [2.45, 2.75) is 51.5 Å². The summed E-state index contributed by atoms with van der Waals surface area (Å²) in [5.41, 5.74) is 8.14. The van der Waals surface area contributed by atoms with Crippen LogP contribution in [0.3, 0.4) is 0 Å². The molecule has 2 N–H and O–H groups in total. The number of thiophene rings is 1. The molecule has 0 saturated heterocycles. The van der Waals surface area contributed by atoms with Gasteiger partial charge in [-0.1, -0.05) is 25.0 Å². The number of hydrogen-bond acceptors (Lipinski definition) is 4. The third kappa shape index (κ3) is 3.80. The van der Waals surface area contributed by atoms with Gasteiger partial charge in [-0.25, -0.2) is 4.98 Å². The Kier molecular flexibility index (Phi) is 5.43. The van der Waals surface area contributed by atoms with E-state index in [-0.39, 0.29) is 11.8 Å². The molecule has 1 aliphatic rings. The van der Waals surface area contributed by atoms with Gasteiger partial charge in [-0.2, -0.15) is 0 Å². The number of aryl methyl sites for hydroxylation is 2. The maximum absolute atomic E-state index is 12.5. The molecular weight excluding hydrogens is 372 g/mol. The molecule has 2 aromatic heterocycles. The summed E-state index contributed by atoms with van der Waals surface area (Å²) >= 11 is 1.55. The zero-order valence-corrected chi connectivity index (χ0v) is 16.7. The molecule has 0 aliphatic heterocycles. The van der Waals surface area contributed by atoms with E-state index < -0.39 is 6.04 Å². The van der Waals surface area contributed by atoms with E-state index in [1.165, 1.54) is 36.1 Å². The summed E-state index contributed by atoms with van der Waals surface area (Å²) in [6.45, 7) is 1.78. The Bertz CT molecular complexity index is 981. The van der Waals surface area contributed by atoms with Gasteiger partial charge in [0.25, 0.3) is 11.8 Å². The molecule has 0 bridgehead atoms. The SMILES string of the molecule is CC(C(=O)NNC(=O)c1cc2c(s1)CCCCCC2)n1cnc2ccccc21. The van der Waals surface area contributed by atoms with Gasteiger partial charge < -0.3 is 4.57 Å². The van der Waals surface area contributed by atoms with Gasteiger partial charge in [0, 0.05) is 4.88 Å².